The fraction of sp³-hybridized carbons (Fsp3) is 0.533. The molecule has 0 aromatic heterocycles. The Morgan fingerprint density at radius 3 is 2.38 bits per heavy atom. The van der Waals surface area contributed by atoms with Gasteiger partial charge in [-0.2, -0.15) is 0 Å². The Balaban J connectivity index is 0.000000240. The van der Waals surface area contributed by atoms with Gasteiger partial charge in [0.25, 0.3) is 0 Å². The van der Waals surface area contributed by atoms with Gasteiger partial charge in [0.2, 0.25) is 0 Å². The first-order chi connectivity index (χ1) is 11.3. The number of ether oxygens (including phenoxy) is 2. The maximum Gasteiger partial charge on any atom is 0.184 e. The Labute approximate surface area is 138 Å². The number of carbonyl (C=O) groups is 1. The highest BCUT2D eigenvalue weighted by molar-refractivity contribution is 5.76. The number of carbonyl (C=O) groups excluding carboxylic acids is 1. The van der Waals surface area contributed by atoms with Crippen LogP contribution in [0.1, 0.15) is 17.3 Å². The third kappa shape index (κ3) is 5.13. The minimum absolute atomic E-state index is 0.0578. The maximum atomic E-state index is 10.3. The number of rotatable bonds is 4. The topological polar surface area (TPSA) is 157 Å². The summed E-state index contributed by atoms with van der Waals surface area (Å²) in [5, 5.41) is 53.9. The van der Waals surface area contributed by atoms with Crippen molar-refractivity contribution in [3.8, 4) is 11.5 Å². The van der Waals surface area contributed by atoms with Gasteiger partial charge in [-0.15, -0.1) is 0 Å². The molecule has 0 bridgehead atoms. The van der Waals surface area contributed by atoms with Crippen LogP contribution in [-0.4, -0.2) is 80.8 Å². The lowest BCUT2D eigenvalue weighted by Crippen LogP contribution is -2.58. The van der Waals surface area contributed by atoms with E-state index in [0.29, 0.717) is 24.2 Å². The average molecular weight is 346 g/mol. The van der Waals surface area contributed by atoms with Crippen LogP contribution in [0, 0.1) is 0 Å². The van der Waals surface area contributed by atoms with Gasteiger partial charge in [0.15, 0.2) is 17.8 Å². The van der Waals surface area contributed by atoms with Crippen LogP contribution >= 0.6 is 0 Å². The van der Waals surface area contributed by atoms with Crippen LogP contribution in [0.15, 0.2) is 18.2 Å². The Kier molecular flexibility index (Phi) is 8.05. The van der Waals surface area contributed by atoms with Crippen molar-refractivity contribution in [2.45, 2.75) is 37.6 Å². The van der Waals surface area contributed by atoms with Gasteiger partial charge < -0.3 is 40.1 Å². The molecule has 2 rings (SSSR count). The average Bonchev–Trinajstić information content (AvgIpc) is 2.59. The van der Waals surface area contributed by atoms with E-state index in [0.717, 1.165) is 0 Å². The predicted molar refractivity (Wildman–Crippen MR) is 80.6 cm³/mol. The van der Waals surface area contributed by atoms with E-state index in [-0.39, 0.29) is 5.75 Å². The molecule has 1 aromatic carbocycles. The van der Waals surface area contributed by atoms with Crippen LogP contribution in [-0.2, 0) is 4.74 Å². The van der Waals surface area contributed by atoms with E-state index in [1.165, 1.54) is 18.2 Å². The second-order valence-corrected chi connectivity index (χ2v) is 5.00. The van der Waals surface area contributed by atoms with Gasteiger partial charge in [0, 0.05) is 5.56 Å². The minimum atomic E-state index is -1.57. The zero-order valence-corrected chi connectivity index (χ0v) is 13.0. The van der Waals surface area contributed by atoms with E-state index in [2.05, 4.69) is 4.74 Å². The number of hydrogen-bond acceptors (Lipinski definition) is 9. The molecule has 6 N–H and O–H groups in total. The summed E-state index contributed by atoms with van der Waals surface area (Å²) < 4.78 is 9.65. The van der Waals surface area contributed by atoms with E-state index >= 15 is 0 Å². The number of benzene rings is 1. The highest BCUT2D eigenvalue weighted by atomic mass is 16.6. The molecule has 0 aliphatic carbocycles. The molecule has 0 radical (unpaired) electrons. The quantitative estimate of drug-likeness (QED) is 0.353. The fourth-order valence-electron chi connectivity index (χ4n) is 1.96. The summed E-state index contributed by atoms with van der Waals surface area (Å²) in [5.41, 5.74) is 0.497. The molecule has 136 valence electrons. The van der Waals surface area contributed by atoms with Crippen molar-refractivity contribution in [3.05, 3.63) is 23.8 Å². The molecule has 1 heterocycles. The zero-order valence-electron chi connectivity index (χ0n) is 13.0. The largest absolute Gasteiger partial charge is 0.504 e. The molecule has 1 saturated heterocycles. The summed E-state index contributed by atoms with van der Waals surface area (Å²) in [5.74, 6) is 0.407. The molecule has 0 spiro atoms. The highest BCUT2D eigenvalue weighted by Crippen LogP contribution is 2.25. The Morgan fingerprint density at radius 1 is 1.17 bits per heavy atom. The van der Waals surface area contributed by atoms with Gasteiger partial charge in [0.1, 0.15) is 30.7 Å². The van der Waals surface area contributed by atoms with Crippen molar-refractivity contribution >= 4 is 6.29 Å². The summed E-state index contributed by atoms with van der Waals surface area (Å²) in [6.07, 6.45) is -6.33. The Hall–Kier alpha value is -1.75. The molecule has 5 atom stereocenters. The molecule has 1 fully saturated rings. The SMILES string of the molecule is CCOc1cc(C=O)ccc1O.OC[C@H]1O[C@H](O)[C@H](O)[C@@H](O)[C@@H]1O. The van der Waals surface area contributed by atoms with E-state index in [4.69, 9.17) is 30.3 Å². The van der Waals surface area contributed by atoms with Crippen molar-refractivity contribution in [2.75, 3.05) is 13.2 Å². The van der Waals surface area contributed by atoms with Crippen LogP contribution < -0.4 is 4.74 Å². The number of aliphatic hydroxyl groups is 5. The second-order valence-electron chi connectivity index (χ2n) is 5.00. The second kappa shape index (κ2) is 9.52. The van der Waals surface area contributed by atoms with Crippen LogP contribution in [0.3, 0.4) is 0 Å². The lowest BCUT2D eigenvalue weighted by molar-refractivity contribution is -0.286. The maximum absolute atomic E-state index is 10.3. The fourth-order valence-corrected chi connectivity index (χ4v) is 1.96. The van der Waals surface area contributed by atoms with Crippen molar-refractivity contribution in [1.29, 1.82) is 0 Å². The molecule has 24 heavy (non-hydrogen) atoms. The third-order valence-electron chi connectivity index (χ3n) is 3.29. The van der Waals surface area contributed by atoms with E-state index in [1.54, 1.807) is 0 Å². The molecule has 9 nitrogen and oxygen atoms in total. The number of hydrogen-bond donors (Lipinski definition) is 6. The molecule has 1 aliphatic heterocycles. The number of aliphatic hydroxyl groups excluding tert-OH is 5. The standard InChI is InChI=1S/C9H10O3.C6H12O6/c1-2-12-9-5-7(6-10)3-4-8(9)11;7-1-2-3(8)4(9)5(10)6(11)12-2/h3-6,11H,2H2,1H3;2-11H,1H2/t;2-,3-,4+,5-,6+/m.1/s1. The Bertz CT molecular complexity index is 517. The lowest BCUT2D eigenvalue weighted by Gasteiger charge is -2.37. The van der Waals surface area contributed by atoms with Gasteiger partial charge in [-0.25, -0.2) is 0 Å². The van der Waals surface area contributed by atoms with Gasteiger partial charge in [0.05, 0.1) is 13.2 Å². The van der Waals surface area contributed by atoms with Crippen LogP contribution in [0.25, 0.3) is 0 Å². The van der Waals surface area contributed by atoms with Gasteiger partial charge in [-0.1, -0.05) is 0 Å². The molecule has 1 aromatic rings. The normalized spacial score (nSPS) is 29.3. The van der Waals surface area contributed by atoms with Crippen molar-refractivity contribution in [2.24, 2.45) is 0 Å². The lowest BCUT2D eigenvalue weighted by atomic mass is 10.00. The first kappa shape index (κ1) is 20.3. The van der Waals surface area contributed by atoms with E-state index in [9.17, 15) is 9.90 Å². The smallest absolute Gasteiger partial charge is 0.184 e. The zero-order chi connectivity index (χ0) is 18.3. The molecular weight excluding hydrogens is 324 g/mol. The monoisotopic (exact) mass is 346 g/mol. The number of aldehydes is 1. The van der Waals surface area contributed by atoms with Crippen molar-refractivity contribution < 1.29 is 44.9 Å². The molecule has 9 heteroatoms. The summed E-state index contributed by atoms with van der Waals surface area (Å²) >= 11 is 0. The predicted octanol–water partition coefficient (Wildman–Crippen LogP) is -1.62. The molecule has 1 aliphatic rings. The molecule has 0 saturated carbocycles. The van der Waals surface area contributed by atoms with E-state index < -0.39 is 37.3 Å². The summed E-state index contributed by atoms with van der Waals surface area (Å²) in [6.45, 7) is 1.75. The third-order valence-corrected chi connectivity index (χ3v) is 3.29. The van der Waals surface area contributed by atoms with E-state index in [1.807, 2.05) is 6.92 Å². The molecule has 0 amide bonds. The minimum Gasteiger partial charge on any atom is -0.504 e. The molecule has 0 unspecified atom stereocenters. The number of aromatic hydroxyl groups is 1. The Morgan fingerprint density at radius 2 is 1.83 bits per heavy atom. The number of phenols is 1. The summed E-state index contributed by atoms with van der Waals surface area (Å²) in [4.78, 5) is 10.3. The van der Waals surface area contributed by atoms with Crippen LogP contribution in [0.4, 0.5) is 0 Å². The van der Waals surface area contributed by atoms with Gasteiger partial charge in [-0.05, 0) is 25.1 Å². The van der Waals surface area contributed by atoms with Crippen molar-refractivity contribution in [3.63, 3.8) is 0 Å². The first-order valence-electron chi connectivity index (χ1n) is 7.25. The highest BCUT2D eigenvalue weighted by Gasteiger charge is 2.42. The van der Waals surface area contributed by atoms with Gasteiger partial charge >= 0.3 is 0 Å². The van der Waals surface area contributed by atoms with Crippen molar-refractivity contribution in [1.82, 2.24) is 0 Å². The van der Waals surface area contributed by atoms with Crippen LogP contribution in [0.2, 0.25) is 0 Å². The molecular formula is C15H22O9. The van der Waals surface area contributed by atoms with Gasteiger partial charge in [-0.3, -0.25) is 4.79 Å². The summed E-state index contributed by atoms with van der Waals surface area (Å²) in [7, 11) is 0. The van der Waals surface area contributed by atoms with Crippen LogP contribution in [0.5, 0.6) is 11.5 Å². The first-order valence-corrected chi connectivity index (χ1v) is 7.25. The number of phenolic OH excluding ortho intramolecular Hbond substituents is 1. The summed E-state index contributed by atoms with van der Waals surface area (Å²) in [6, 6.07) is 4.48.